The number of methoxy groups -OCH3 is 1. The SMILES string of the molecule is CCCCCNC(=O)C1CCN(C(=O)C2(OC)CCNCC2)CC1. The maximum atomic E-state index is 12.9. The second-order valence-corrected chi connectivity index (χ2v) is 7.01. The van der Waals surface area contributed by atoms with Gasteiger partial charge in [0, 0.05) is 32.7 Å². The van der Waals surface area contributed by atoms with Gasteiger partial charge in [-0.1, -0.05) is 19.8 Å². The number of carbonyl (C=O) groups excluding carboxylic acids is 2. The zero-order valence-electron chi connectivity index (χ0n) is 15.2. The van der Waals surface area contributed by atoms with Crippen LogP contribution in [0, 0.1) is 5.92 Å². The first-order chi connectivity index (χ1) is 11.6. The summed E-state index contributed by atoms with van der Waals surface area (Å²) in [5.74, 6) is 0.303. The Kier molecular flexibility index (Phi) is 7.49. The first-order valence-electron chi connectivity index (χ1n) is 9.46. The van der Waals surface area contributed by atoms with E-state index in [0.29, 0.717) is 13.1 Å². The summed E-state index contributed by atoms with van der Waals surface area (Å²) in [5.41, 5.74) is -0.666. The van der Waals surface area contributed by atoms with Crippen molar-refractivity contribution in [2.45, 2.75) is 57.5 Å². The Bertz CT molecular complexity index is 414. The molecule has 0 aromatic carbocycles. The van der Waals surface area contributed by atoms with Gasteiger partial charge >= 0.3 is 0 Å². The fourth-order valence-corrected chi connectivity index (χ4v) is 3.70. The predicted molar refractivity (Wildman–Crippen MR) is 93.7 cm³/mol. The molecule has 0 aliphatic carbocycles. The van der Waals surface area contributed by atoms with E-state index in [1.807, 2.05) is 4.90 Å². The number of ether oxygens (including phenoxy) is 1. The highest BCUT2D eigenvalue weighted by Crippen LogP contribution is 2.28. The van der Waals surface area contributed by atoms with Crippen molar-refractivity contribution in [3.63, 3.8) is 0 Å². The van der Waals surface area contributed by atoms with Gasteiger partial charge in [-0.05, 0) is 45.2 Å². The summed E-state index contributed by atoms with van der Waals surface area (Å²) in [6, 6.07) is 0. The van der Waals surface area contributed by atoms with E-state index in [1.54, 1.807) is 7.11 Å². The van der Waals surface area contributed by atoms with Crippen LogP contribution < -0.4 is 10.6 Å². The molecule has 0 aromatic heterocycles. The second kappa shape index (κ2) is 9.37. The van der Waals surface area contributed by atoms with E-state index in [-0.39, 0.29) is 17.7 Å². The van der Waals surface area contributed by atoms with Gasteiger partial charge in [-0.3, -0.25) is 9.59 Å². The lowest BCUT2D eigenvalue weighted by atomic mass is 9.88. The summed E-state index contributed by atoms with van der Waals surface area (Å²) in [6.45, 7) is 5.87. The van der Waals surface area contributed by atoms with Crippen LogP contribution in [0.4, 0.5) is 0 Å². The van der Waals surface area contributed by atoms with Gasteiger partial charge in [0.15, 0.2) is 0 Å². The molecule has 0 saturated carbocycles. The van der Waals surface area contributed by atoms with Crippen molar-refractivity contribution in [1.82, 2.24) is 15.5 Å². The molecule has 0 bridgehead atoms. The molecule has 138 valence electrons. The molecular formula is C18H33N3O3. The predicted octanol–water partition coefficient (Wildman–Crippen LogP) is 1.30. The van der Waals surface area contributed by atoms with Gasteiger partial charge in [-0.2, -0.15) is 0 Å². The van der Waals surface area contributed by atoms with Crippen molar-refractivity contribution in [2.24, 2.45) is 5.92 Å². The number of nitrogens with zero attached hydrogens (tertiary/aromatic N) is 1. The summed E-state index contributed by atoms with van der Waals surface area (Å²) in [7, 11) is 1.64. The average Bonchev–Trinajstić information content (AvgIpc) is 2.65. The van der Waals surface area contributed by atoms with Gasteiger partial charge < -0.3 is 20.3 Å². The van der Waals surface area contributed by atoms with Gasteiger partial charge in [-0.25, -0.2) is 0 Å². The summed E-state index contributed by atoms with van der Waals surface area (Å²) in [6.07, 6.45) is 6.31. The molecule has 0 aromatic rings. The molecular weight excluding hydrogens is 306 g/mol. The standard InChI is InChI=1S/C18H33N3O3/c1-3-4-5-10-20-16(22)15-6-13-21(14-7-15)17(23)18(24-2)8-11-19-12-9-18/h15,19H,3-14H2,1-2H3,(H,20,22). The quantitative estimate of drug-likeness (QED) is 0.686. The summed E-state index contributed by atoms with van der Waals surface area (Å²) in [5, 5.41) is 6.32. The highest BCUT2D eigenvalue weighted by atomic mass is 16.5. The van der Waals surface area contributed by atoms with E-state index in [1.165, 1.54) is 0 Å². The average molecular weight is 339 g/mol. The Hall–Kier alpha value is -1.14. The first kappa shape index (κ1) is 19.2. The molecule has 24 heavy (non-hydrogen) atoms. The van der Waals surface area contributed by atoms with E-state index < -0.39 is 5.60 Å². The number of unbranched alkanes of at least 4 members (excludes halogenated alkanes) is 2. The Labute approximate surface area is 145 Å². The highest BCUT2D eigenvalue weighted by Gasteiger charge is 2.43. The van der Waals surface area contributed by atoms with Gasteiger partial charge in [0.2, 0.25) is 5.91 Å². The molecule has 2 amide bonds. The van der Waals surface area contributed by atoms with Crippen LogP contribution in [0.5, 0.6) is 0 Å². The maximum Gasteiger partial charge on any atom is 0.254 e. The monoisotopic (exact) mass is 339 g/mol. The topological polar surface area (TPSA) is 70.7 Å². The number of piperidine rings is 2. The van der Waals surface area contributed by atoms with Gasteiger partial charge in [0.25, 0.3) is 5.91 Å². The number of carbonyl (C=O) groups is 2. The molecule has 0 radical (unpaired) electrons. The van der Waals surface area contributed by atoms with Crippen molar-refractivity contribution in [2.75, 3.05) is 39.8 Å². The summed E-state index contributed by atoms with van der Waals surface area (Å²) < 4.78 is 5.63. The molecule has 2 aliphatic rings. The number of hydrogen-bond acceptors (Lipinski definition) is 4. The highest BCUT2D eigenvalue weighted by molar-refractivity contribution is 5.86. The number of rotatable bonds is 7. The molecule has 0 atom stereocenters. The largest absolute Gasteiger partial charge is 0.368 e. The Morgan fingerprint density at radius 2 is 1.88 bits per heavy atom. The van der Waals surface area contributed by atoms with E-state index in [0.717, 1.165) is 64.6 Å². The fourth-order valence-electron chi connectivity index (χ4n) is 3.70. The number of hydrogen-bond donors (Lipinski definition) is 2. The van der Waals surface area contributed by atoms with E-state index in [4.69, 9.17) is 4.74 Å². The normalized spacial score (nSPS) is 21.5. The van der Waals surface area contributed by atoms with Crippen molar-refractivity contribution < 1.29 is 14.3 Å². The van der Waals surface area contributed by atoms with Crippen LogP contribution in [0.1, 0.15) is 51.9 Å². The lowest BCUT2D eigenvalue weighted by Gasteiger charge is -2.41. The van der Waals surface area contributed by atoms with Crippen molar-refractivity contribution in [3.8, 4) is 0 Å². The first-order valence-corrected chi connectivity index (χ1v) is 9.46. The van der Waals surface area contributed by atoms with Gasteiger partial charge in [-0.15, -0.1) is 0 Å². The maximum absolute atomic E-state index is 12.9. The third-order valence-electron chi connectivity index (χ3n) is 5.42. The lowest BCUT2D eigenvalue weighted by molar-refractivity contribution is -0.160. The van der Waals surface area contributed by atoms with Gasteiger partial charge in [0.05, 0.1) is 0 Å². The molecule has 2 saturated heterocycles. The van der Waals surface area contributed by atoms with Crippen LogP contribution in [0.15, 0.2) is 0 Å². The molecule has 6 nitrogen and oxygen atoms in total. The van der Waals surface area contributed by atoms with Crippen molar-refractivity contribution in [1.29, 1.82) is 0 Å². The number of nitrogens with one attached hydrogen (secondary N) is 2. The molecule has 2 rings (SSSR count). The molecule has 0 unspecified atom stereocenters. The Morgan fingerprint density at radius 3 is 2.46 bits per heavy atom. The van der Waals surface area contributed by atoms with Crippen molar-refractivity contribution in [3.05, 3.63) is 0 Å². The number of likely N-dealkylation sites (tertiary alicyclic amines) is 1. The van der Waals surface area contributed by atoms with E-state index in [9.17, 15) is 9.59 Å². The zero-order chi connectivity index (χ0) is 17.4. The minimum atomic E-state index is -0.666. The van der Waals surface area contributed by atoms with E-state index in [2.05, 4.69) is 17.6 Å². The molecule has 2 aliphatic heterocycles. The third-order valence-corrected chi connectivity index (χ3v) is 5.42. The van der Waals surface area contributed by atoms with Gasteiger partial charge in [0.1, 0.15) is 5.60 Å². The second-order valence-electron chi connectivity index (χ2n) is 7.01. The molecule has 2 heterocycles. The van der Waals surface area contributed by atoms with E-state index >= 15 is 0 Å². The fraction of sp³-hybridized carbons (Fsp3) is 0.889. The van der Waals surface area contributed by atoms with Crippen LogP contribution in [-0.4, -0.2) is 62.1 Å². The molecule has 2 fully saturated rings. The smallest absolute Gasteiger partial charge is 0.254 e. The molecule has 0 spiro atoms. The Morgan fingerprint density at radius 1 is 1.21 bits per heavy atom. The van der Waals surface area contributed by atoms with Crippen LogP contribution in [-0.2, 0) is 14.3 Å². The lowest BCUT2D eigenvalue weighted by Crippen LogP contribution is -2.57. The molecule has 6 heteroatoms. The third kappa shape index (κ3) is 4.70. The summed E-state index contributed by atoms with van der Waals surface area (Å²) in [4.78, 5) is 27.0. The van der Waals surface area contributed by atoms with Crippen LogP contribution in [0.25, 0.3) is 0 Å². The zero-order valence-corrected chi connectivity index (χ0v) is 15.2. The Balaban J connectivity index is 1.79. The molecule has 2 N–H and O–H groups in total. The number of amides is 2. The minimum Gasteiger partial charge on any atom is -0.368 e. The van der Waals surface area contributed by atoms with Crippen LogP contribution >= 0.6 is 0 Å². The van der Waals surface area contributed by atoms with Crippen molar-refractivity contribution >= 4 is 11.8 Å². The van der Waals surface area contributed by atoms with Crippen LogP contribution in [0.3, 0.4) is 0 Å². The minimum absolute atomic E-state index is 0.0437. The van der Waals surface area contributed by atoms with Crippen LogP contribution in [0.2, 0.25) is 0 Å². The summed E-state index contributed by atoms with van der Waals surface area (Å²) >= 11 is 0.